The zero-order valence-electron chi connectivity index (χ0n) is 11.0. The van der Waals surface area contributed by atoms with Crippen LogP contribution in [0.4, 0.5) is 4.79 Å². The highest BCUT2D eigenvalue weighted by Crippen LogP contribution is 2.28. The van der Waals surface area contributed by atoms with Crippen LogP contribution in [0.15, 0.2) is 0 Å². The number of likely N-dealkylation sites (tertiary alicyclic amines) is 1. The van der Waals surface area contributed by atoms with Gasteiger partial charge < -0.3 is 15.3 Å². The van der Waals surface area contributed by atoms with Gasteiger partial charge in [-0.1, -0.05) is 0 Å². The van der Waals surface area contributed by atoms with E-state index >= 15 is 0 Å². The van der Waals surface area contributed by atoms with Gasteiger partial charge in [-0.2, -0.15) is 0 Å². The molecule has 3 aliphatic heterocycles. The van der Waals surface area contributed by atoms with E-state index in [1.165, 1.54) is 11.3 Å². The minimum atomic E-state index is -0.887. The zero-order valence-corrected chi connectivity index (χ0v) is 11.0. The van der Waals surface area contributed by atoms with Crippen LogP contribution >= 0.6 is 0 Å². The number of carbonyl (C=O) groups is 2. The van der Waals surface area contributed by atoms with Gasteiger partial charge in [-0.05, 0) is 38.6 Å². The standard InChI is InChI=1S/C13H21N3O3/c17-12(18)11-4-2-7-16(11)13(19)14-9-5-8-15-6-1-3-10(9)15/h9-11H,1-8H2,(H,14,19)(H,17,18)/t9?,10?,11-/m1/s1. The van der Waals surface area contributed by atoms with E-state index in [0.29, 0.717) is 19.0 Å². The number of nitrogens with one attached hydrogen (secondary N) is 1. The molecule has 0 spiro atoms. The maximum Gasteiger partial charge on any atom is 0.326 e. The Hall–Kier alpha value is -1.30. The van der Waals surface area contributed by atoms with E-state index in [9.17, 15) is 9.59 Å². The van der Waals surface area contributed by atoms with Crippen molar-refractivity contribution in [3.63, 3.8) is 0 Å². The summed E-state index contributed by atoms with van der Waals surface area (Å²) in [6.07, 6.45) is 4.70. The second-order valence-corrected chi connectivity index (χ2v) is 5.78. The lowest BCUT2D eigenvalue weighted by atomic mass is 10.1. The first-order chi connectivity index (χ1) is 9.16. The number of carboxylic acid groups (broad SMARTS) is 1. The van der Waals surface area contributed by atoms with Crippen LogP contribution in [0, 0.1) is 0 Å². The van der Waals surface area contributed by atoms with Gasteiger partial charge in [0.2, 0.25) is 0 Å². The van der Waals surface area contributed by atoms with Gasteiger partial charge in [0.15, 0.2) is 0 Å². The Bertz CT molecular complexity index is 387. The summed E-state index contributed by atoms with van der Waals surface area (Å²) in [6.45, 7) is 2.75. The Labute approximate surface area is 112 Å². The van der Waals surface area contributed by atoms with E-state index in [1.54, 1.807) is 0 Å². The van der Waals surface area contributed by atoms with Gasteiger partial charge in [0, 0.05) is 25.2 Å². The fourth-order valence-corrected chi connectivity index (χ4v) is 3.76. The molecule has 3 rings (SSSR count). The lowest BCUT2D eigenvalue weighted by Gasteiger charge is -2.26. The van der Waals surface area contributed by atoms with Crippen molar-refractivity contribution in [1.82, 2.24) is 15.1 Å². The molecule has 2 N–H and O–H groups in total. The average molecular weight is 267 g/mol. The molecule has 2 amide bonds. The van der Waals surface area contributed by atoms with Crippen molar-refractivity contribution >= 4 is 12.0 Å². The molecular weight excluding hydrogens is 246 g/mol. The molecule has 6 nitrogen and oxygen atoms in total. The fourth-order valence-electron chi connectivity index (χ4n) is 3.76. The monoisotopic (exact) mass is 267 g/mol. The third-order valence-corrected chi connectivity index (χ3v) is 4.71. The van der Waals surface area contributed by atoms with Gasteiger partial charge in [-0.25, -0.2) is 9.59 Å². The maximum absolute atomic E-state index is 12.2. The van der Waals surface area contributed by atoms with Crippen molar-refractivity contribution in [1.29, 1.82) is 0 Å². The van der Waals surface area contributed by atoms with Crippen molar-refractivity contribution in [2.45, 2.75) is 50.2 Å². The molecule has 3 heterocycles. The highest BCUT2D eigenvalue weighted by atomic mass is 16.4. The van der Waals surface area contributed by atoms with Crippen LogP contribution in [-0.2, 0) is 4.79 Å². The van der Waals surface area contributed by atoms with Crippen molar-refractivity contribution < 1.29 is 14.7 Å². The van der Waals surface area contributed by atoms with E-state index in [-0.39, 0.29) is 12.1 Å². The molecule has 0 bridgehead atoms. The molecule has 0 aromatic rings. The zero-order chi connectivity index (χ0) is 13.4. The summed E-state index contributed by atoms with van der Waals surface area (Å²) >= 11 is 0. The molecule has 3 fully saturated rings. The van der Waals surface area contributed by atoms with Gasteiger partial charge in [0.05, 0.1) is 0 Å². The van der Waals surface area contributed by atoms with Crippen LogP contribution in [0.25, 0.3) is 0 Å². The van der Waals surface area contributed by atoms with E-state index in [4.69, 9.17) is 5.11 Å². The third kappa shape index (κ3) is 2.29. The number of hydrogen-bond donors (Lipinski definition) is 2. The number of urea groups is 1. The summed E-state index contributed by atoms with van der Waals surface area (Å²) in [6, 6.07) is -0.162. The highest BCUT2D eigenvalue weighted by Gasteiger charge is 2.40. The average Bonchev–Trinajstić information content (AvgIpc) is 3.04. The molecule has 0 radical (unpaired) electrons. The molecule has 6 heteroatoms. The van der Waals surface area contributed by atoms with E-state index < -0.39 is 12.0 Å². The van der Waals surface area contributed by atoms with Crippen LogP contribution in [0.2, 0.25) is 0 Å². The quantitative estimate of drug-likeness (QED) is 0.763. The summed E-state index contributed by atoms with van der Waals surface area (Å²) in [7, 11) is 0. The molecule has 0 aromatic carbocycles. The van der Waals surface area contributed by atoms with Crippen LogP contribution in [0.5, 0.6) is 0 Å². The lowest BCUT2D eigenvalue weighted by molar-refractivity contribution is -0.141. The number of nitrogens with zero attached hydrogens (tertiary/aromatic N) is 2. The number of carboxylic acids is 1. The fraction of sp³-hybridized carbons (Fsp3) is 0.846. The van der Waals surface area contributed by atoms with Crippen LogP contribution in [0.3, 0.4) is 0 Å². The second-order valence-electron chi connectivity index (χ2n) is 5.78. The Balaban J connectivity index is 1.60. The van der Waals surface area contributed by atoms with E-state index in [0.717, 1.165) is 32.4 Å². The maximum atomic E-state index is 12.2. The smallest absolute Gasteiger partial charge is 0.326 e. The second kappa shape index (κ2) is 5.00. The van der Waals surface area contributed by atoms with Crippen molar-refractivity contribution in [3.05, 3.63) is 0 Å². The summed E-state index contributed by atoms with van der Waals surface area (Å²) in [4.78, 5) is 27.3. The molecule has 3 saturated heterocycles. The Morgan fingerprint density at radius 3 is 2.63 bits per heavy atom. The first-order valence-corrected chi connectivity index (χ1v) is 7.21. The van der Waals surface area contributed by atoms with Crippen molar-refractivity contribution in [2.24, 2.45) is 0 Å². The molecule has 3 aliphatic rings. The van der Waals surface area contributed by atoms with Crippen LogP contribution in [0.1, 0.15) is 32.1 Å². The molecule has 106 valence electrons. The summed E-state index contributed by atoms with van der Waals surface area (Å²) in [5.74, 6) is -0.887. The predicted molar refractivity (Wildman–Crippen MR) is 68.9 cm³/mol. The molecule has 0 aromatic heterocycles. The SMILES string of the molecule is O=C(O)[C@H]1CCCN1C(=O)NC1CCN2CCCC12. The first kappa shape index (κ1) is 12.7. The number of carbonyl (C=O) groups excluding carboxylic acids is 1. The largest absolute Gasteiger partial charge is 0.480 e. The normalized spacial score (nSPS) is 34.5. The Kier molecular flexibility index (Phi) is 3.35. The number of fused-ring (bicyclic) bond motifs is 1. The first-order valence-electron chi connectivity index (χ1n) is 7.21. The topological polar surface area (TPSA) is 72.9 Å². The number of hydrogen-bond acceptors (Lipinski definition) is 3. The Morgan fingerprint density at radius 2 is 1.84 bits per heavy atom. The number of rotatable bonds is 2. The van der Waals surface area contributed by atoms with E-state index in [2.05, 4.69) is 10.2 Å². The number of amides is 2. The minimum Gasteiger partial charge on any atom is -0.480 e. The molecule has 19 heavy (non-hydrogen) atoms. The lowest BCUT2D eigenvalue weighted by Crippen LogP contribution is -2.51. The number of aliphatic carboxylic acids is 1. The van der Waals surface area contributed by atoms with Gasteiger partial charge in [-0.15, -0.1) is 0 Å². The molecule has 0 aliphatic carbocycles. The van der Waals surface area contributed by atoms with Gasteiger partial charge in [-0.3, -0.25) is 4.90 Å². The van der Waals surface area contributed by atoms with Crippen molar-refractivity contribution in [3.8, 4) is 0 Å². The summed E-state index contributed by atoms with van der Waals surface area (Å²) in [5.41, 5.74) is 0. The molecule has 2 unspecified atom stereocenters. The molecule has 0 saturated carbocycles. The summed E-state index contributed by atoms with van der Waals surface area (Å²) in [5, 5.41) is 12.2. The van der Waals surface area contributed by atoms with Gasteiger partial charge >= 0.3 is 12.0 Å². The van der Waals surface area contributed by atoms with Crippen LogP contribution < -0.4 is 5.32 Å². The van der Waals surface area contributed by atoms with Crippen molar-refractivity contribution in [2.75, 3.05) is 19.6 Å². The third-order valence-electron chi connectivity index (χ3n) is 4.71. The van der Waals surface area contributed by atoms with Crippen LogP contribution in [-0.4, -0.2) is 64.7 Å². The molecular formula is C13H21N3O3. The molecule has 3 atom stereocenters. The van der Waals surface area contributed by atoms with E-state index in [1.807, 2.05) is 0 Å². The van der Waals surface area contributed by atoms with Gasteiger partial charge in [0.1, 0.15) is 6.04 Å². The Morgan fingerprint density at radius 1 is 1.05 bits per heavy atom. The summed E-state index contributed by atoms with van der Waals surface area (Å²) < 4.78 is 0. The predicted octanol–water partition coefficient (Wildman–Crippen LogP) is 0.482. The minimum absolute atomic E-state index is 0.191. The highest BCUT2D eigenvalue weighted by molar-refractivity contribution is 5.83. The van der Waals surface area contributed by atoms with Gasteiger partial charge in [0.25, 0.3) is 0 Å².